The molecule has 2 aromatic carbocycles. The fourth-order valence-electron chi connectivity index (χ4n) is 4.18. The Labute approximate surface area is 171 Å². The van der Waals surface area contributed by atoms with Gasteiger partial charge in [-0.05, 0) is 67.3 Å². The average Bonchev–Trinajstić information content (AvgIpc) is 3.11. The zero-order valence-electron chi connectivity index (χ0n) is 16.2. The van der Waals surface area contributed by atoms with Gasteiger partial charge in [0.15, 0.2) is 0 Å². The number of anilines is 1. The highest BCUT2D eigenvalue weighted by Crippen LogP contribution is 2.30. The first-order valence-corrected chi connectivity index (χ1v) is 10.2. The van der Waals surface area contributed by atoms with Crippen LogP contribution in [0.3, 0.4) is 0 Å². The molecule has 1 saturated heterocycles. The number of nitrogens with zero attached hydrogens (tertiary/aromatic N) is 2. The first-order valence-electron chi connectivity index (χ1n) is 9.84. The minimum Gasteiger partial charge on any atom is -0.497 e. The summed E-state index contributed by atoms with van der Waals surface area (Å²) in [5.41, 5.74) is 3.36. The Morgan fingerprint density at radius 1 is 1.25 bits per heavy atom. The fraction of sp³-hybridized carbons (Fsp3) is 0.409. The molecule has 1 atom stereocenters. The number of hydrogen-bond donors (Lipinski definition) is 1. The molecule has 0 saturated carbocycles. The average molecular weight is 400 g/mol. The van der Waals surface area contributed by atoms with Crippen LogP contribution in [0.15, 0.2) is 42.5 Å². The number of methoxy groups -OCH3 is 1. The van der Waals surface area contributed by atoms with E-state index in [1.165, 1.54) is 5.56 Å². The SMILES string of the molecule is COc1cccc(CN2CCCC(NC(=O)N3CCc4cc(Cl)ccc43)C2)c1. The molecule has 6 heteroatoms. The van der Waals surface area contributed by atoms with Crippen molar-refractivity contribution in [3.63, 3.8) is 0 Å². The summed E-state index contributed by atoms with van der Waals surface area (Å²) >= 11 is 6.08. The lowest BCUT2D eigenvalue weighted by Gasteiger charge is -2.34. The van der Waals surface area contributed by atoms with Gasteiger partial charge in [0.05, 0.1) is 7.11 Å². The number of carbonyl (C=O) groups is 1. The Kier molecular flexibility index (Phi) is 5.74. The predicted molar refractivity (Wildman–Crippen MR) is 112 cm³/mol. The van der Waals surface area contributed by atoms with E-state index in [2.05, 4.69) is 22.3 Å². The molecule has 28 heavy (non-hydrogen) atoms. The molecular weight excluding hydrogens is 374 g/mol. The van der Waals surface area contributed by atoms with E-state index in [0.717, 1.165) is 60.9 Å². The van der Waals surface area contributed by atoms with Gasteiger partial charge in [-0.3, -0.25) is 9.80 Å². The van der Waals surface area contributed by atoms with Crippen molar-refractivity contribution in [2.75, 3.05) is 31.6 Å². The highest BCUT2D eigenvalue weighted by molar-refractivity contribution is 6.30. The summed E-state index contributed by atoms with van der Waals surface area (Å²) in [5.74, 6) is 0.882. The van der Waals surface area contributed by atoms with E-state index in [0.29, 0.717) is 6.54 Å². The number of amides is 2. The molecule has 0 bridgehead atoms. The van der Waals surface area contributed by atoms with Crippen molar-refractivity contribution in [3.8, 4) is 5.75 Å². The summed E-state index contributed by atoms with van der Waals surface area (Å²) in [4.78, 5) is 17.1. The largest absolute Gasteiger partial charge is 0.497 e. The minimum absolute atomic E-state index is 0.00528. The van der Waals surface area contributed by atoms with Gasteiger partial charge in [0, 0.05) is 36.4 Å². The van der Waals surface area contributed by atoms with Crippen molar-refractivity contribution >= 4 is 23.3 Å². The summed E-state index contributed by atoms with van der Waals surface area (Å²) in [6.45, 7) is 3.50. The Hall–Kier alpha value is -2.24. The quantitative estimate of drug-likeness (QED) is 0.842. The van der Waals surface area contributed by atoms with Gasteiger partial charge in [-0.15, -0.1) is 0 Å². The van der Waals surface area contributed by atoms with Crippen molar-refractivity contribution in [3.05, 3.63) is 58.6 Å². The molecule has 1 unspecified atom stereocenters. The molecule has 2 aliphatic heterocycles. The van der Waals surface area contributed by atoms with Gasteiger partial charge in [-0.25, -0.2) is 4.79 Å². The zero-order chi connectivity index (χ0) is 19.5. The van der Waals surface area contributed by atoms with Crippen LogP contribution in [0.4, 0.5) is 10.5 Å². The maximum absolute atomic E-state index is 12.9. The molecule has 1 N–H and O–H groups in total. The van der Waals surface area contributed by atoms with Crippen LogP contribution in [0.2, 0.25) is 5.02 Å². The van der Waals surface area contributed by atoms with Crippen molar-refractivity contribution < 1.29 is 9.53 Å². The van der Waals surface area contributed by atoms with Crippen LogP contribution in [-0.4, -0.2) is 43.7 Å². The Balaban J connectivity index is 1.36. The van der Waals surface area contributed by atoms with E-state index in [1.807, 2.05) is 35.2 Å². The second-order valence-corrected chi connectivity index (χ2v) is 7.99. The summed E-state index contributed by atoms with van der Waals surface area (Å²) in [6.07, 6.45) is 2.96. The van der Waals surface area contributed by atoms with Crippen LogP contribution in [-0.2, 0) is 13.0 Å². The third-order valence-electron chi connectivity index (χ3n) is 5.56. The van der Waals surface area contributed by atoms with Gasteiger partial charge in [-0.2, -0.15) is 0 Å². The van der Waals surface area contributed by atoms with Crippen LogP contribution in [0.5, 0.6) is 5.75 Å². The zero-order valence-corrected chi connectivity index (χ0v) is 16.9. The number of hydrogen-bond acceptors (Lipinski definition) is 3. The standard InChI is InChI=1S/C22H26ClN3O2/c1-28-20-6-2-4-16(12-20)14-25-10-3-5-19(15-25)24-22(27)26-11-9-17-13-18(23)7-8-21(17)26/h2,4,6-8,12-13,19H,3,5,9-11,14-15H2,1H3,(H,24,27). The Morgan fingerprint density at radius 3 is 3.00 bits per heavy atom. The number of likely N-dealkylation sites (tertiary alicyclic amines) is 1. The first kappa shape index (κ1) is 19.1. The normalized spacial score (nSPS) is 19.4. The van der Waals surface area contributed by atoms with Crippen molar-refractivity contribution in [2.45, 2.75) is 31.8 Å². The molecule has 0 aromatic heterocycles. The molecule has 5 nitrogen and oxygen atoms in total. The highest BCUT2D eigenvalue weighted by atomic mass is 35.5. The number of piperidine rings is 1. The molecule has 148 valence electrons. The van der Waals surface area contributed by atoms with Gasteiger partial charge >= 0.3 is 6.03 Å². The number of rotatable bonds is 4. The van der Waals surface area contributed by atoms with Gasteiger partial charge in [0.1, 0.15) is 5.75 Å². The maximum atomic E-state index is 12.9. The molecule has 2 amide bonds. The number of benzene rings is 2. The van der Waals surface area contributed by atoms with Crippen LogP contribution < -0.4 is 15.0 Å². The lowest BCUT2D eigenvalue weighted by molar-refractivity contribution is 0.182. The van der Waals surface area contributed by atoms with E-state index in [9.17, 15) is 4.79 Å². The molecule has 0 radical (unpaired) electrons. The smallest absolute Gasteiger partial charge is 0.322 e. The van der Waals surface area contributed by atoms with E-state index in [-0.39, 0.29) is 12.1 Å². The number of nitrogens with one attached hydrogen (secondary N) is 1. The second kappa shape index (κ2) is 8.41. The van der Waals surface area contributed by atoms with Gasteiger partial charge in [0.25, 0.3) is 0 Å². The summed E-state index contributed by atoms with van der Waals surface area (Å²) in [5, 5.41) is 3.97. The first-order chi connectivity index (χ1) is 13.6. The Bertz CT molecular complexity index is 857. The van der Waals surface area contributed by atoms with Crippen molar-refractivity contribution in [1.82, 2.24) is 10.2 Å². The minimum atomic E-state index is -0.00528. The van der Waals surface area contributed by atoms with Gasteiger partial charge < -0.3 is 10.1 Å². The topological polar surface area (TPSA) is 44.8 Å². The molecular formula is C22H26ClN3O2. The van der Waals surface area contributed by atoms with Crippen LogP contribution in [0, 0.1) is 0 Å². The van der Waals surface area contributed by atoms with Crippen molar-refractivity contribution in [2.24, 2.45) is 0 Å². The molecule has 0 aliphatic carbocycles. The third-order valence-corrected chi connectivity index (χ3v) is 5.79. The molecule has 2 aromatic rings. The lowest BCUT2D eigenvalue weighted by Crippen LogP contribution is -2.51. The molecule has 0 spiro atoms. The number of carbonyl (C=O) groups excluding carboxylic acids is 1. The van der Waals surface area contributed by atoms with E-state index >= 15 is 0 Å². The number of urea groups is 1. The third kappa shape index (κ3) is 4.26. The highest BCUT2D eigenvalue weighted by Gasteiger charge is 2.28. The monoisotopic (exact) mass is 399 g/mol. The number of ether oxygens (including phenoxy) is 1. The summed E-state index contributed by atoms with van der Waals surface area (Å²) in [6, 6.07) is 14.1. The number of fused-ring (bicyclic) bond motifs is 1. The van der Waals surface area contributed by atoms with Gasteiger partial charge in [0.2, 0.25) is 0 Å². The van der Waals surface area contributed by atoms with Crippen LogP contribution >= 0.6 is 11.6 Å². The molecule has 2 heterocycles. The van der Waals surface area contributed by atoms with Crippen LogP contribution in [0.1, 0.15) is 24.0 Å². The number of halogens is 1. The lowest BCUT2D eigenvalue weighted by atomic mass is 10.0. The van der Waals surface area contributed by atoms with Gasteiger partial charge in [-0.1, -0.05) is 23.7 Å². The summed E-state index contributed by atoms with van der Waals surface area (Å²) in [7, 11) is 1.69. The molecule has 2 aliphatic rings. The fourth-order valence-corrected chi connectivity index (χ4v) is 4.37. The Morgan fingerprint density at radius 2 is 2.14 bits per heavy atom. The van der Waals surface area contributed by atoms with Crippen molar-refractivity contribution in [1.29, 1.82) is 0 Å². The maximum Gasteiger partial charge on any atom is 0.322 e. The van der Waals surface area contributed by atoms with E-state index in [4.69, 9.17) is 16.3 Å². The van der Waals surface area contributed by atoms with Crippen LogP contribution in [0.25, 0.3) is 0 Å². The second-order valence-electron chi connectivity index (χ2n) is 7.55. The van der Waals surface area contributed by atoms with E-state index < -0.39 is 0 Å². The predicted octanol–water partition coefficient (Wildman–Crippen LogP) is 4.09. The molecule has 4 rings (SSSR count). The summed E-state index contributed by atoms with van der Waals surface area (Å²) < 4.78 is 5.32. The molecule has 1 fully saturated rings. The van der Waals surface area contributed by atoms with E-state index in [1.54, 1.807) is 7.11 Å².